The van der Waals surface area contributed by atoms with Gasteiger partial charge in [0.15, 0.2) is 0 Å². The highest BCUT2D eigenvalue weighted by Gasteiger charge is 2.31. The fraction of sp³-hybridized carbons (Fsp3) is 0.269. The average Bonchev–Trinajstić information content (AvgIpc) is 3.24. The molecule has 1 fully saturated rings. The molecule has 2 heterocycles. The molecule has 9 nitrogen and oxygen atoms in total. The SMILES string of the molecule is O=S(=O)(O)N1CCN(c2ccc3nc(COc4ccccc4)n(Cc4ccc(OC(F)(F)F)cc4)c3c2)CC1. The standard InChI is InChI=1S/C26H25F3N4O5S/c27-26(28,29)38-22-9-6-19(7-10-22)17-33-24-16-20(31-12-14-32(15-13-31)39(34,35)36)8-11-23(24)30-25(33)18-37-21-4-2-1-3-5-21/h1-11,16H,12-15,17-18H2,(H,34,35,36). The van der Waals surface area contributed by atoms with Gasteiger partial charge in [-0.25, -0.2) is 4.98 Å². The fourth-order valence-electron chi connectivity index (χ4n) is 4.47. The highest BCUT2D eigenvalue weighted by molar-refractivity contribution is 7.83. The Morgan fingerprint density at radius 3 is 2.23 bits per heavy atom. The van der Waals surface area contributed by atoms with E-state index in [1.165, 1.54) is 12.1 Å². The van der Waals surface area contributed by atoms with Crippen LogP contribution in [0.3, 0.4) is 0 Å². The molecule has 39 heavy (non-hydrogen) atoms. The molecule has 1 aliphatic rings. The van der Waals surface area contributed by atoms with Crippen LogP contribution in [0.15, 0.2) is 72.8 Å². The second-order valence-electron chi connectivity index (χ2n) is 8.94. The van der Waals surface area contributed by atoms with Gasteiger partial charge >= 0.3 is 16.7 Å². The molecular formula is C26H25F3N4O5S. The van der Waals surface area contributed by atoms with Gasteiger partial charge in [-0.2, -0.15) is 12.7 Å². The third-order valence-corrected chi connectivity index (χ3v) is 7.37. The molecule has 1 aliphatic heterocycles. The number of halogens is 3. The van der Waals surface area contributed by atoms with Crippen LogP contribution in [0.5, 0.6) is 11.5 Å². The number of imidazole rings is 1. The summed E-state index contributed by atoms with van der Waals surface area (Å²) in [5.41, 5.74) is 3.08. The molecule has 5 rings (SSSR count). The Morgan fingerprint density at radius 1 is 0.897 bits per heavy atom. The number of rotatable bonds is 8. The number of alkyl halides is 3. The fourth-order valence-corrected chi connectivity index (χ4v) is 5.09. The first-order valence-corrected chi connectivity index (χ1v) is 13.4. The van der Waals surface area contributed by atoms with Crippen molar-refractivity contribution in [3.8, 4) is 11.5 Å². The Labute approximate surface area is 222 Å². The van der Waals surface area contributed by atoms with Crippen molar-refractivity contribution in [2.45, 2.75) is 19.5 Å². The number of para-hydroxylation sites is 1. The Kier molecular flexibility index (Phi) is 7.38. The summed E-state index contributed by atoms with van der Waals surface area (Å²) in [6.07, 6.45) is -4.77. The normalized spacial score (nSPS) is 15.0. The summed E-state index contributed by atoms with van der Waals surface area (Å²) >= 11 is 0. The minimum atomic E-state index is -4.77. The first kappa shape index (κ1) is 26.8. The number of fused-ring (bicyclic) bond motifs is 1. The summed E-state index contributed by atoms with van der Waals surface area (Å²) in [6, 6.07) is 20.6. The minimum Gasteiger partial charge on any atom is -0.486 e. The largest absolute Gasteiger partial charge is 0.573 e. The van der Waals surface area contributed by atoms with Crippen LogP contribution in [0.25, 0.3) is 11.0 Å². The highest BCUT2D eigenvalue weighted by Crippen LogP contribution is 2.27. The van der Waals surface area contributed by atoms with Crippen LogP contribution in [-0.4, -0.2) is 59.4 Å². The number of hydrogen-bond donors (Lipinski definition) is 1. The van der Waals surface area contributed by atoms with E-state index in [0.717, 1.165) is 21.1 Å². The molecule has 0 atom stereocenters. The van der Waals surface area contributed by atoms with Crippen LogP contribution >= 0.6 is 0 Å². The number of hydrogen-bond acceptors (Lipinski definition) is 6. The molecule has 3 aromatic carbocycles. The van der Waals surface area contributed by atoms with Gasteiger partial charge in [-0.05, 0) is 48.0 Å². The molecule has 1 N–H and O–H groups in total. The molecular weight excluding hydrogens is 537 g/mol. The number of nitrogens with zero attached hydrogens (tertiary/aromatic N) is 4. The van der Waals surface area contributed by atoms with Gasteiger partial charge in [-0.1, -0.05) is 30.3 Å². The lowest BCUT2D eigenvalue weighted by atomic mass is 10.2. The van der Waals surface area contributed by atoms with Crippen LogP contribution in [0.2, 0.25) is 0 Å². The maximum atomic E-state index is 12.6. The molecule has 0 amide bonds. The zero-order chi connectivity index (χ0) is 27.6. The van der Waals surface area contributed by atoms with E-state index in [9.17, 15) is 26.1 Å². The molecule has 13 heteroatoms. The summed E-state index contributed by atoms with van der Waals surface area (Å²) in [7, 11) is -4.24. The molecule has 0 unspecified atom stereocenters. The molecule has 0 saturated carbocycles. The van der Waals surface area contributed by atoms with Gasteiger partial charge in [0.25, 0.3) is 0 Å². The lowest BCUT2D eigenvalue weighted by Crippen LogP contribution is -2.48. The van der Waals surface area contributed by atoms with E-state index in [1.807, 2.05) is 58.0 Å². The second-order valence-corrected chi connectivity index (χ2v) is 10.4. The first-order valence-electron chi connectivity index (χ1n) is 12.0. The molecule has 1 saturated heterocycles. The number of ether oxygens (including phenoxy) is 2. The van der Waals surface area contributed by atoms with Crippen molar-refractivity contribution in [3.05, 3.63) is 84.2 Å². The second kappa shape index (κ2) is 10.8. The van der Waals surface area contributed by atoms with Gasteiger partial charge in [0.05, 0.1) is 11.0 Å². The molecule has 0 aliphatic carbocycles. The number of anilines is 1. The number of benzene rings is 3. The van der Waals surface area contributed by atoms with Gasteiger partial charge in [0.1, 0.15) is 23.9 Å². The quantitative estimate of drug-likeness (QED) is 0.316. The highest BCUT2D eigenvalue weighted by atomic mass is 32.2. The van der Waals surface area contributed by atoms with Crippen molar-refractivity contribution in [2.75, 3.05) is 31.1 Å². The van der Waals surface area contributed by atoms with Crippen LogP contribution < -0.4 is 14.4 Å². The van der Waals surface area contributed by atoms with E-state index in [2.05, 4.69) is 4.74 Å². The summed E-state index contributed by atoms with van der Waals surface area (Å²) in [5.74, 6) is 0.987. The molecule has 1 aromatic heterocycles. The molecule has 4 aromatic rings. The summed E-state index contributed by atoms with van der Waals surface area (Å²) < 4.78 is 82.8. The Balaban J connectivity index is 1.44. The van der Waals surface area contributed by atoms with Crippen LogP contribution in [0.4, 0.5) is 18.9 Å². The Morgan fingerprint density at radius 2 is 1.59 bits per heavy atom. The van der Waals surface area contributed by atoms with E-state index < -0.39 is 16.7 Å². The molecule has 0 bridgehead atoms. The topological polar surface area (TPSA) is 97.1 Å². The summed E-state index contributed by atoms with van der Waals surface area (Å²) in [6.45, 7) is 1.57. The van der Waals surface area contributed by atoms with Crippen molar-refractivity contribution in [2.24, 2.45) is 0 Å². The first-order chi connectivity index (χ1) is 18.5. The third kappa shape index (κ3) is 6.61. The Hall–Kier alpha value is -3.81. The van der Waals surface area contributed by atoms with E-state index in [-0.39, 0.29) is 25.4 Å². The van der Waals surface area contributed by atoms with Crippen LogP contribution in [0, 0.1) is 0 Å². The van der Waals surface area contributed by atoms with Crippen molar-refractivity contribution >= 4 is 27.0 Å². The Bertz CT molecular complexity index is 1540. The zero-order valence-corrected chi connectivity index (χ0v) is 21.4. The smallest absolute Gasteiger partial charge is 0.486 e. The lowest BCUT2D eigenvalue weighted by Gasteiger charge is -2.34. The predicted molar refractivity (Wildman–Crippen MR) is 138 cm³/mol. The lowest BCUT2D eigenvalue weighted by molar-refractivity contribution is -0.274. The zero-order valence-electron chi connectivity index (χ0n) is 20.6. The summed E-state index contributed by atoms with van der Waals surface area (Å²) in [5, 5.41) is 0. The van der Waals surface area contributed by atoms with Gasteiger partial charge in [0, 0.05) is 38.4 Å². The average molecular weight is 563 g/mol. The monoisotopic (exact) mass is 562 g/mol. The van der Waals surface area contributed by atoms with Crippen LogP contribution in [0.1, 0.15) is 11.4 Å². The van der Waals surface area contributed by atoms with Gasteiger partial charge in [0.2, 0.25) is 0 Å². The van der Waals surface area contributed by atoms with Crippen molar-refractivity contribution in [1.29, 1.82) is 0 Å². The maximum Gasteiger partial charge on any atom is 0.573 e. The van der Waals surface area contributed by atoms with E-state index >= 15 is 0 Å². The van der Waals surface area contributed by atoms with Gasteiger partial charge < -0.3 is 18.9 Å². The van der Waals surface area contributed by atoms with Gasteiger partial charge in [-0.15, -0.1) is 13.2 Å². The third-order valence-electron chi connectivity index (χ3n) is 6.35. The van der Waals surface area contributed by atoms with Crippen LogP contribution in [-0.2, 0) is 23.5 Å². The predicted octanol–water partition coefficient (Wildman–Crippen LogP) is 4.49. The molecule has 0 spiro atoms. The van der Waals surface area contributed by atoms with E-state index in [0.29, 0.717) is 36.7 Å². The minimum absolute atomic E-state index is 0.151. The van der Waals surface area contributed by atoms with E-state index in [1.54, 1.807) is 12.1 Å². The van der Waals surface area contributed by atoms with Crippen molar-refractivity contribution in [3.63, 3.8) is 0 Å². The van der Waals surface area contributed by atoms with E-state index in [4.69, 9.17) is 9.72 Å². The van der Waals surface area contributed by atoms with Crippen molar-refractivity contribution < 1.29 is 35.6 Å². The molecule has 206 valence electrons. The van der Waals surface area contributed by atoms with Gasteiger partial charge in [-0.3, -0.25) is 4.55 Å². The van der Waals surface area contributed by atoms with Crippen molar-refractivity contribution in [1.82, 2.24) is 13.9 Å². The number of aromatic nitrogens is 2. The number of piperazine rings is 1. The maximum absolute atomic E-state index is 12.6. The molecule has 0 radical (unpaired) electrons. The summed E-state index contributed by atoms with van der Waals surface area (Å²) in [4.78, 5) is 6.76.